The van der Waals surface area contributed by atoms with Crippen LogP contribution in [0.25, 0.3) is 0 Å². The van der Waals surface area contributed by atoms with Crippen molar-refractivity contribution in [2.75, 3.05) is 6.61 Å². The zero-order valence-corrected chi connectivity index (χ0v) is 24.3. The molecule has 8 unspecified atom stereocenters. The average molecular weight is 575 g/mol. The Morgan fingerprint density at radius 1 is 0.929 bits per heavy atom. The van der Waals surface area contributed by atoms with Crippen LogP contribution in [0.2, 0.25) is 0 Å². The largest absolute Gasteiger partial charge is 0.463 e. The predicted octanol–water partition coefficient (Wildman–Crippen LogP) is 5.05. The van der Waals surface area contributed by atoms with E-state index in [1.807, 2.05) is 26.0 Å². The van der Waals surface area contributed by atoms with Crippen LogP contribution in [0.15, 0.2) is 72.8 Å². The van der Waals surface area contributed by atoms with Gasteiger partial charge in [-0.05, 0) is 56.9 Å². The minimum absolute atomic E-state index is 0.0843. The third-order valence-electron chi connectivity index (χ3n) is 10.8. The number of cyclic esters (lactones) is 1. The summed E-state index contributed by atoms with van der Waals surface area (Å²) < 4.78 is 24.7. The van der Waals surface area contributed by atoms with E-state index in [-0.39, 0.29) is 19.0 Å². The molecule has 2 saturated carbocycles. The van der Waals surface area contributed by atoms with E-state index >= 15 is 0 Å². The van der Waals surface area contributed by atoms with Crippen molar-refractivity contribution in [3.05, 3.63) is 83.9 Å². The Kier molecular flexibility index (Phi) is 6.85. The van der Waals surface area contributed by atoms with Crippen LogP contribution >= 0.6 is 0 Å². The fraction of sp³-hybridized carbons (Fsp3) is 0.500. The minimum Gasteiger partial charge on any atom is -0.463 e. The zero-order chi connectivity index (χ0) is 29.9. The fourth-order valence-corrected chi connectivity index (χ4v) is 8.30. The molecule has 42 heavy (non-hydrogen) atoms. The highest BCUT2D eigenvalue weighted by molar-refractivity contribution is 5.90. The summed E-state index contributed by atoms with van der Waals surface area (Å²) >= 11 is 0. The minimum atomic E-state index is -1.28. The molecule has 0 bridgehead atoms. The van der Waals surface area contributed by atoms with Crippen LogP contribution < -0.4 is 0 Å². The second-order valence-electron chi connectivity index (χ2n) is 13.0. The molecular weight excluding hydrogens is 536 g/mol. The number of ether oxygens (including phenoxy) is 4. The molecule has 4 aliphatic rings. The van der Waals surface area contributed by atoms with E-state index in [9.17, 15) is 19.5 Å². The molecule has 2 heterocycles. The molecule has 8 atom stereocenters. The van der Waals surface area contributed by atoms with Gasteiger partial charge in [-0.2, -0.15) is 0 Å². The number of benzene rings is 2. The number of esters is 3. The molecule has 2 aliphatic carbocycles. The fourth-order valence-electron chi connectivity index (χ4n) is 8.30. The van der Waals surface area contributed by atoms with Gasteiger partial charge in [0.2, 0.25) is 0 Å². The van der Waals surface area contributed by atoms with Crippen molar-refractivity contribution in [3.63, 3.8) is 0 Å². The number of aliphatic hydroxyl groups excluding tert-OH is 1. The van der Waals surface area contributed by atoms with E-state index in [0.717, 1.165) is 5.57 Å². The van der Waals surface area contributed by atoms with Crippen LogP contribution in [0.1, 0.15) is 73.6 Å². The maximum atomic E-state index is 13.5. The van der Waals surface area contributed by atoms with Crippen LogP contribution in [0, 0.1) is 16.7 Å². The Bertz CT molecular complexity index is 1410. The van der Waals surface area contributed by atoms with Crippen molar-refractivity contribution in [3.8, 4) is 0 Å². The van der Waals surface area contributed by atoms with Crippen molar-refractivity contribution < 1.29 is 38.4 Å². The quantitative estimate of drug-likeness (QED) is 0.307. The summed E-state index contributed by atoms with van der Waals surface area (Å²) in [5, 5.41) is 12.3. The molecule has 222 valence electrons. The van der Waals surface area contributed by atoms with E-state index < -0.39 is 58.2 Å². The van der Waals surface area contributed by atoms with Crippen LogP contribution in [-0.2, 0) is 23.7 Å². The van der Waals surface area contributed by atoms with Crippen LogP contribution in [0.4, 0.5) is 0 Å². The predicted molar refractivity (Wildman–Crippen MR) is 152 cm³/mol. The summed E-state index contributed by atoms with van der Waals surface area (Å²) in [4.78, 5) is 39.1. The zero-order valence-electron chi connectivity index (χ0n) is 24.3. The summed E-state index contributed by atoms with van der Waals surface area (Å²) in [6, 6.07) is 17.5. The lowest BCUT2D eigenvalue weighted by Crippen LogP contribution is -2.78. The number of carbonyl (C=O) groups excluding carboxylic acids is 3. The van der Waals surface area contributed by atoms with Gasteiger partial charge in [0.25, 0.3) is 0 Å². The molecule has 4 fully saturated rings. The first-order valence-corrected chi connectivity index (χ1v) is 14.7. The normalized spacial score (nSPS) is 39.1. The number of fused-ring (bicyclic) bond motifs is 3. The number of hydrogen-bond donors (Lipinski definition) is 1. The number of aliphatic hydroxyl groups is 1. The second kappa shape index (κ2) is 10.1. The molecule has 1 N–H and O–H groups in total. The number of rotatable bonds is 4. The maximum absolute atomic E-state index is 13.5. The molecule has 8 heteroatoms. The summed E-state index contributed by atoms with van der Waals surface area (Å²) in [5.74, 6) is -1.78. The Hall–Kier alpha value is -3.49. The third kappa shape index (κ3) is 4.21. The molecule has 0 radical (unpaired) electrons. The van der Waals surface area contributed by atoms with Gasteiger partial charge in [0, 0.05) is 16.7 Å². The van der Waals surface area contributed by atoms with E-state index in [1.165, 1.54) is 0 Å². The lowest BCUT2D eigenvalue weighted by atomic mass is 9.41. The molecule has 1 spiro atoms. The summed E-state index contributed by atoms with van der Waals surface area (Å²) in [6.07, 6.45) is -0.648. The molecule has 0 aromatic heterocycles. The molecule has 8 nitrogen and oxygen atoms in total. The SMILES string of the molecule is C=C1CCC(OC(=O)c2ccccc2)C2C1(C)C(OC(=O)c1ccccc1)C(O)C1(C)OC3(CCC21C)COC(=O)C3. The molecule has 0 amide bonds. The first-order valence-electron chi connectivity index (χ1n) is 14.7. The van der Waals surface area contributed by atoms with Gasteiger partial charge in [-0.1, -0.05) is 62.4 Å². The monoisotopic (exact) mass is 574 g/mol. The van der Waals surface area contributed by atoms with E-state index in [2.05, 4.69) is 13.5 Å². The standard InChI is InChI=1S/C34H38O8/c1-21-15-16-24(40-29(37)22-11-7-5-8-12-22)26-31(2)17-18-34(19-25(35)39-20-34)42-33(31,4)27(36)28(32(21,26)3)41-30(38)23-13-9-6-10-14-23/h5-14,24,26-28,36H,1,15-20H2,2-4H3. The molecule has 2 saturated heterocycles. The van der Waals surface area contributed by atoms with Gasteiger partial charge in [-0.15, -0.1) is 0 Å². The van der Waals surface area contributed by atoms with E-state index in [4.69, 9.17) is 18.9 Å². The highest BCUT2D eigenvalue weighted by Gasteiger charge is 2.75. The Balaban J connectivity index is 1.45. The number of hydrogen-bond acceptors (Lipinski definition) is 8. The maximum Gasteiger partial charge on any atom is 0.338 e. The topological polar surface area (TPSA) is 108 Å². The number of carbonyl (C=O) groups is 3. The summed E-state index contributed by atoms with van der Waals surface area (Å²) in [6.45, 7) is 10.4. The van der Waals surface area contributed by atoms with Gasteiger partial charge in [-0.3, -0.25) is 4.79 Å². The van der Waals surface area contributed by atoms with Gasteiger partial charge in [0.1, 0.15) is 36.1 Å². The molecular formula is C34H38O8. The van der Waals surface area contributed by atoms with Crippen molar-refractivity contribution in [1.29, 1.82) is 0 Å². The molecule has 2 aliphatic heterocycles. The van der Waals surface area contributed by atoms with Crippen LogP contribution in [0.3, 0.4) is 0 Å². The van der Waals surface area contributed by atoms with Gasteiger partial charge < -0.3 is 24.1 Å². The van der Waals surface area contributed by atoms with Crippen molar-refractivity contribution in [2.24, 2.45) is 16.7 Å². The molecule has 2 aromatic rings. The average Bonchev–Trinajstić information content (AvgIpc) is 3.35. The smallest absolute Gasteiger partial charge is 0.338 e. The first-order chi connectivity index (χ1) is 19.9. The lowest BCUT2D eigenvalue weighted by Gasteiger charge is -2.70. The van der Waals surface area contributed by atoms with Crippen molar-refractivity contribution >= 4 is 17.9 Å². The Morgan fingerprint density at radius 3 is 2.10 bits per heavy atom. The van der Waals surface area contributed by atoms with E-state index in [0.29, 0.717) is 36.8 Å². The van der Waals surface area contributed by atoms with Crippen LogP contribution in [-0.4, -0.2) is 59.1 Å². The van der Waals surface area contributed by atoms with Crippen molar-refractivity contribution in [2.45, 2.75) is 82.4 Å². The second-order valence-corrected chi connectivity index (χ2v) is 13.0. The third-order valence-corrected chi connectivity index (χ3v) is 10.8. The molecule has 6 rings (SSSR count). The van der Waals surface area contributed by atoms with Crippen LogP contribution in [0.5, 0.6) is 0 Å². The summed E-state index contributed by atoms with van der Waals surface area (Å²) in [5.41, 5.74) is -2.25. The van der Waals surface area contributed by atoms with Crippen molar-refractivity contribution in [1.82, 2.24) is 0 Å². The Morgan fingerprint density at radius 2 is 1.52 bits per heavy atom. The Labute approximate surface area is 246 Å². The van der Waals surface area contributed by atoms with Gasteiger partial charge in [-0.25, -0.2) is 9.59 Å². The highest BCUT2D eigenvalue weighted by Crippen LogP contribution is 2.68. The summed E-state index contributed by atoms with van der Waals surface area (Å²) in [7, 11) is 0. The lowest BCUT2D eigenvalue weighted by molar-refractivity contribution is -0.348. The van der Waals surface area contributed by atoms with Gasteiger partial charge in [0.15, 0.2) is 0 Å². The molecule has 2 aromatic carbocycles. The van der Waals surface area contributed by atoms with Gasteiger partial charge in [0.05, 0.1) is 17.5 Å². The first kappa shape index (κ1) is 28.6. The highest BCUT2D eigenvalue weighted by atomic mass is 16.6. The van der Waals surface area contributed by atoms with Gasteiger partial charge >= 0.3 is 17.9 Å². The van der Waals surface area contributed by atoms with E-state index in [1.54, 1.807) is 48.5 Å².